The monoisotopic (exact) mass is 239 g/mol. The lowest BCUT2D eigenvalue weighted by Crippen LogP contribution is -2.10. The van der Waals surface area contributed by atoms with Gasteiger partial charge in [-0.15, -0.1) is 0 Å². The van der Waals surface area contributed by atoms with E-state index in [-0.39, 0.29) is 6.04 Å². The fourth-order valence-corrected chi connectivity index (χ4v) is 1.96. The van der Waals surface area contributed by atoms with E-state index in [0.29, 0.717) is 0 Å². The number of hydrogen-bond donors (Lipinski definition) is 1. The zero-order valence-corrected chi connectivity index (χ0v) is 10.00. The van der Waals surface area contributed by atoms with Gasteiger partial charge in [-0.1, -0.05) is 6.07 Å². The van der Waals surface area contributed by atoms with Crippen molar-refractivity contribution in [2.45, 2.75) is 13.0 Å². The van der Waals surface area contributed by atoms with Gasteiger partial charge in [0.1, 0.15) is 11.5 Å². The Morgan fingerprint density at radius 1 is 1.06 bits per heavy atom. The van der Waals surface area contributed by atoms with Gasteiger partial charge >= 0.3 is 0 Å². The molecule has 3 rings (SSSR count). The summed E-state index contributed by atoms with van der Waals surface area (Å²) < 4.78 is 5.55. The third-order valence-electron chi connectivity index (χ3n) is 2.92. The highest BCUT2D eigenvalue weighted by Gasteiger charge is 2.13. The lowest BCUT2D eigenvalue weighted by atomic mass is 10.0. The minimum Gasteiger partial charge on any atom is -0.464 e. The van der Waals surface area contributed by atoms with Crippen LogP contribution >= 0.6 is 0 Å². The maximum atomic E-state index is 6.18. The minimum absolute atomic E-state index is 0.273. The van der Waals surface area contributed by atoms with Crippen LogP contribution in [-0.4, -0.2) is 9.97 Å². The third-order valence-corrected chi connectivity index (χ3v) is 2.92. The Labute approximate surface area is 104 Å². The van der Waals surface area contributed by atoms with Crippen molar-refractivity contribution in [3.8, 4) is 0 Å². The van der Waals surface area contributed by atoms with Crippen molar-refractivity contribution in [1.82, 2.24) is 9.97 Å². The number of fused-ring (bicyclic) bond motifs is 1. The predicted octanol–water partition coefficient (Wildman–Crippen LogP) is 2.58. The van der Waals surface area contributed by atoms with Gasteiger partial charge < -0.3 is 10.2 Å². The van der Waals surface area contributed by atoms with E-state index < -0.39 is 0 Å². The van der Waals surface area contributed by atoms with E-state index in [4.69, 9.17) is 10.2 Å². The average Bonchev–Trinajstić information content (AvgIpc) is 2.84. The molecule has 0 aliphatic carbocycles. The first-order valence-corrected chi connectivity index (χ1v) is 5.76. The van der Waals surface area contributed by atoms with Crippen LogP contribution in [0.4, 0.5) is 0 Å². The molecule has 0 spiro atoms. The molecule has 0 amide bonds. The highest BCUT2D eigenvalue weighted by atomic mass is 16.3. The Hall–Kier alpha value is -2.20. The highest BCUT2D eigenvalue weighted by molar-refractivity contribution is 5.74. The Kier molecular flexibility index (Phi) is 2.57. The smallest absolute Gasteiger partial charge is 0.125 e. The number of benzene rings is 1. The molecule has 1 unspecified atom stereocenters. The van der Waals surface area contributed by atoms with Crippen LogP contribution in [0.1, 0.15) is 23.1 Å². The van der Waals surface area contributed by atoms with Crippen molar-refractivity contribution < 1.29 is 4.42 Å². The van der Waals surface area contributed by atoms with Crippen LogP contribution in [0.5, 0.6) is 0 Å². The molecule has 0 saturated carbocycles. The summed E-state index contributed by atoms with van der Waals surface area (Å²) >= 11 is 0. The van der Waals surface area contributed by atoms with Gasteiger partial charge in [0.15, 0.2) is 0 Å². The van der Waals surface area contributed by atoms with E-state index in [1.807, 2.05) is 37.3 Å². The zero-order chi connectivity index (χ0) is 12.5. The van der Waals surface area contributed by atoms with Gasteiger partial charge in [0.05, 0.1) is 17.1 Å². The number of nitrogens with two attached hydrogens (primary N) is 1. The maximum Gasteiger partial charge on any atom is 0.125 e. The highest BCUT2D eigenvalue weighted by Crippen LogP contribution is 2.23. The first-order valence-electron chi connectivity index (χ1n) is 5.76. The topological polar surface area (TPSA) is 64.9 Å². The van der Waals surface area contributed by atoms with Gasteiger partial charge in [-0.05, 0) is 36.8 Å². The number of hydrogen-bond acceptors (Lipinski definition) is 4. The van der Waals surface area contributed by atoms with Crippen LogP contribution in [0.25, 0.3) is 11.0 Å². The van der Waals surface area contributed by atoms with Crippen LogP contribution in [0.3, 0.4) is 0 Å². The summed E-state index contributed by atoms with van der Waals surface area (Å²) in [6, 6.07) is 9.37. The molecule has 0 fully saturated rings. The summed E-state index contributed by atoms with van der Waals surface area (Å²) in [6.45, 7) is 1.90. The molecule has 4 heteroatoms. The van der Waals surface area contributed by atoms with Gasteiger partial charge in [0, 0.05) is 12.4 Å². The summed E-state index contributed by atoms with van der Waals surface area (Å²) in [4.78, 5) is 8.51. The third kappa shape index (κ3) is 1.87. The predicted molar refractivity (Wildman–Crippen MR) is 69.0 cm³/mol. The Bertz CT molecular complexity index is 690. The van der Waals surface area contributed by atoms with Crippen molar-refractivity contribution in [2.24, 2.45) is 5.73 Å². The SMILES string of the molecule is Cc1ccc(C(N)c2ccc3nccnc3c2)o1. The van der Waals surface area contributed by atoms with Crippen molar-refractivity contribution in [3.63, 3.8) is 0 Å². The Balaban J connectivity index is 2.03. The molecule has 0 bridgehead atoms. The second-order valence-corrected chi connectivity index (χ2v) is 4.23. The summed E-state index contributed by atoms with van der Waals surface area (Å²) in [5.74, 6) is 1.62. The summed E-state index contributed by atoms with van der Waals surface area (Å²) in [5, 5.41) is 0. The molecule has 2 heterocycles. The van der Waals surface area contributed by atoms with Gasteiger partial charge in [-0.25, -0.2) is 0 Å². The van der Waals surface area contributed by atoms with E-state index in [9.17, 15) is 0 Å². The number of aromatic nitrogens is 2. The van der Waals surface area contributed by atoms with Crippen molar-refractivity contribution in [3.05, 3.63) is 59.8 Å². The molecule has 18 heavy (non-hydrogen) atoms. The van der Waals surface area contributed by atoms with Gasteiger partial charge in [0.25, 0.3) is 0 Å². The van der Waals surface area contributed by atoms with E-state index in [1.165, 1.54) is 0 Å². The second-order valence-electron chi connectivity index (χ2n) is 4.23. The molecule has 4 nitrogen and oxygen atoms in total. The van der Waals surface area contributed by atoms with Crippen molar-refractivity contribution in [1.29, 1.82) is 0 Å². The molecule has 1 atom stereocenters. The van der Waals surface area contributed by atoms with Crippen LogP contribution in [-0.2, 0) is 0 Å². The lowest BCUT2D eigenvalue weighted by molar-refractivity contribution is 0.466. The fourth-order valence-electron chi connectivity index (χ4n) is 1.96. The standard InChI is InChI=1S/C14H13N3O/c1-9-2-5-13(18-9)14(15)10-3-4-11-12(8-10)17-7-6-16-11/h2-8,14H,15H2,1H3. The van der Waals surface area contributed by atoms with E-state index in [2.05, 4.69) is 9.97 Å². The number of nitrogens with zero attached hydrogens (tertiary/aromatic N) is 2. The normalized spacial score (nSPS) is 12.8. The molecule has 0 radical (unpaired) electrons. The molecule has 2 N–H and O–H groups in total. The van der Waals surface area contributed by atoms with Crippen LogP contribution in [0, 0.1) is 6.92 Å². The molecule has 1 aromatic carbocycles. The zero-order valence-electron chi connectivity index (χ0n) is 10.00. The van der Waals surface area contributed by atoms with Crippen LogP contribution in [0.2, 0.25) is 0 Å². The largest absolute Gasteiger partial charge is 0.464 e. The summed E-state index contributed by atoms with van der Waals surface area (Å²) in [7, 11) is 0. The van der Waals surface area contributed by atoms with E-state index in [0.717, 1.165) is 28.1 Å². The van der Waals surface area contributed by atoms with Crippen molar-refractivity contribution >= 4 is 11.0 Å². The number of aryl methyl sites for hydroxylation is 1. The van der Waals surface area contributed by atoms with Crippen LogP contribution in [0.15, 0.2) is 47.1 Å². The molecule has 3 aromatic rings. The quantitative estimate of drug-likeness (QED) is 0.746. The molecule has 0 saturated heterocycles. The summed E-state index contributed by atoms with van der Waals surface area (Å²) in [6.07, 6.45) is 3.35. The average molecular weight is 239 g/mol. The molecular formula is C14H13N3O. The molecule has 90 valence electrons. The van der Waals surface area contributed by atoms with Crippen molar-refractivity contribution in [2.75, 3.05) is 0 Å². The number of rotatable bonds is 2. The second kappa shape index (κ2) is 4.23. The minimum atomic E-state index is -0.273. The molecule has 0 aliphatic rings. The Morgan fingerprint density at radius 2 is 1.83 bits per heavy atom. The summed E-state index contributed by atoms with van der Waals surface area (Å²) in [5.41, 5.74) is 8.85. The molecular weight excluding hydrogens is 226 g/mol. The molecule has 2 aromatic heterocycles. The first-order chi connectivity index (χ1) is 8.74. The fraction of sp³-hybridized carbons (Fsp3) is 0.143. The van der Waals surface area contributed by atoms with Gasteiger partial charge in [-0.3, -0.25) is 9.97 Å². The van der Waals surface area contributed by atoms with Crippen LogP contribution < -0.4 is 5.73 Å². The van der Waals surface area contributed by atoms with Gasteiger partial charge in [-0.2, -0.15) is 0 Å². The molecule has 0 aliphatic heterocycles. The Morgan fingerprint density at radius 3 is 2.56 bits per heavy atom. The van der Waals surface area contributed by atoms with E-state index >= 15 is 0 Å². The number of furan rings is 1. The van der Waals surface area contributed by atoms with Gasteiger partial charge in [0.2, 0.25) is 0 Å². The lowest BCUT2D eigenvalue weighted by Gasteiger charge is -2.09. The maximum absolute atomic E-state index is 6.18. The van der Waals surface area contributed by atoms with E-state index in [1.54, 1.807) is 12.4 Å². The first kappa shape index (κ1) is 10.9.